The van der Waals surface area contributed by atoms with E-state index in [9.17, 15) is 4.79 Å². The van der Waals surface area contributed by atoms with Crippen molar-refractivity contribution in [1.29, 1.82) is 0 Å². The molecule has 0 saturated carbocycles. The zero-order valence-electron chi connectivity index (χ0n) is 19.2. The highest BCUT2D eigenvalue weighted by atomic mass is 16.5. The van der Waals surface area contributed by atoms with E-state index in [1.165, 1.54) is 11.1 Å². The number of carbonyl (C=O) groups is 1. The first-order chi connectivity index (χ1) is 16.0. The Labute approximate surface area is 194 Å². The maximum atomic E-state index is 12.9. The lowest BCUT2D eigenvalue weighted by Crippen LogP contribution is -2.31. The maximum Gasteiger partial charge on any atom is 0.261 e. The number of hydrogen-bond donors (Lipinski definition) is 0. The summed E-state index contributed by atoms with van der Waals surface area (Å²) in [6, 6.07) is 20.2. The van der Waals surface area contributed by atoms with Crippen molar-refractivity contribution < 1.29 is 9.53 Å². The minimum Gasteiger partial charge on any atom is -0.484 e. The molecule has 1 aliphatic rings. The van der Waals surface area contributed by atoms with Gasteiger partial charge in [0.15, 0.2) is 6.61 Å². The first-order valence-corrected chi connectivity index (χ1v) is 11.3. The van der Waals surface area contributed by atoms with Crippen LogP contribution in [-0.4, -0.2) is 31.8 Å². The molecule has 0 unspecified atom stereocenters. The van der Waals surface area contributed by atoms with Crippen molar-refractivity contribution in [2.75, 3.05) is 6.61 Å². The second kappa shape index (κ2) is 8.62. The van der Waals surface area contributed by atoms with Crippen molar-refractivity contribution in [1.82, 2.24) is 19.2 Å². The maximum absolute atomic E-state index is 12.9. The highest BCUT2D eigenvalue weighted by Gasteiger charge is 2.31. The topological polar surface area (TPSA) is 52.3 Å². The Morgan fingerprint density at radius 1 is 1.03 bits per heavy atom. The predicted octanol–water partition coefficient (Wildman–Crippen LogP) is 5.02. The van der Waals surface area contributed by atoms with Crippen LogP contribution >= 0.6 is 0 Å². The third-order valence-electron chi connectivity index (χ3n) is 6.09. The van der Waals surface area contributed by atoms with E-state index in [0.717, 1.165) is 22.8 Å². The van der Waals surface area contributed by atoms with Gasteiger partial charge in [-0.15, -0.1) is 0 Å². The van der Waals surface area contributed by atoms with Gasteiger partial charge in [0.25, 0.3) is 5.91 Å². The first kappa shape index (κ1) is 21.1. The molecule has 0 aliphatic carbocycles. The summed E-state index contributed by atoms with van der Waals surface area (Å²) in [7, 11) is 0. The molecule has 0 saturated heterocycles. The molecule has 6 heteroatoms. The monoisotopic (exact) mass is 440 g/mol. The van der Waals surface area contributed by atoms with Gasteiger partial charge in [-0.3, -0.25) is 4.79 Å². The second-order valence-electron chi connectivity index (χ2n) is 8.85. The van der Waals surface area contributed by atoms with Gasteiger partial charge in [-0.05, 0) is 60.4 Å². The third kappa shape index (κ3) is 4.16. The van der Waals surface area contributed by atoms with Crippen molar-refractivity contribution >= 4 is 5.91 Å². The largest absolute Gasteiger partial charge is 0.484 e. The minimum absolute atomic E-state index is 0.0159. The fourth-order valence-corrected chi connectivity index (χ4v) is 4.24. The van der Waals surface area contributed by atoms with Gasteiger partial charge in [0.05, 0.1) is 24.5 Å². The van der Waals surface area contributed by atoms with Gasteiger partial charge in [-0.2, -0.15) is 5.10 Å². The molecule has 2 aromatic carbocycles. The van der Waals surface area contributed by atoms with Crippen molar-refractivity contribution in [3.05, 3.63) is 95.4 Å². The number of nitrogens with zero attached hydrogens (tertiary/aromatic N) is 4. The van der Waals surface area contributed by atoms with E-state index in [4.69, 9.17) is 9.84 Å². The molecule has 2 aromatic heterocycles. The van der Waals surface area contributed by atoms with E-state index >= 15 is 0 Å². The highest BCUT2D eigenvalue weighted by molar-refractivity contribution is 5.78. The van der Waals surface area contributed by atoms with Crippen LogP contribution in [0.3, 0.4) is 0 Å². The lowest BCUT2D eigenvalue weighted by atomic mass is 10.0. The quantitative estimate of drug-likeness (QED) is 0.423. The average molecular weight is 441 g/mol. The Hall–Kier alpha value is -3.80. The van der Waals surface area contributed by atoms with Gasteiger partial charge in [0.2, 0.25) is 0 Å². The fourth-order valence-electron chi connectivity index (χ4n) is 4.24. The lowest BCUT2D eigenvalue weighted by Gasteiger charge is -2.18. The Morgan fingerprint density at radius 3 is 2.48 bits per heavy atom. The van der Waals surface area contributed by atoms with Crippen molar-refractivity contribution in [2.45, 2.75) is 39.8 Å². The van der Waals surface area contributed by atoms with Gasteiger partial charge in [0, 0.05) is 18.0 Å². The van der Waals surface area contributed by atoms with Crippen molar-refractivity contribution in [2.24, 2.45) is 0 Å². The molecule has 0 radical (unpaired) electrons. The standard InChI is InChI=1S/C27H28N4O2/c1-19(2)21-9-11-23(12-10-21)33-18-26(32)30-16-24-25(17-30)28-31(22-8-6-7-20(3)15-22)27(24)29-13-4-5-14-29/h4-15,19H,16-18H2,1-3H3. The molecule has 1 aliphatic heterocycles. The van der Waals surface area contributed by atoms with Crippen LogP contribution in [0, 0.1) is 6.92 Å². The lowest BCUT2D eigenvalue weighted by molar-refractivity contribution is -0.134. The summed E-state index contributed by atoms with van der Waals surface area (Å²) < 4.78 is 9.82. The van der Waals surface area contributed by atoms with Crippen LogP contribution in [0.4, 0.5) is 0 Å². The molecule has 6 nitrogen and oxygen atoms in total. The van der Waals surface area contributed by atoms with Crippen LogP contribution in [-0.2, 0) is 17.9 Å². The molecular formula is C27H28N4O2. The van der Waals surface area contributed by atoms with Gasteiger partial charge >= 0.3 is 0 Å². The Morgan fingerprint density at radius 2 is 1.79 bits per heavy atom. The van der Waals surface area contributed by atoms with E-state index in [1.54, 1.807) is 0 Å². The summed E-state index contributed by atoms with van der Waals surface area (Å²) in [4.78, 5) is 14.7. The van der Waals surface area contributed by atoms with Crippen LogP contribution in [0.5, 0.6) is 5.75 Å². The van der Waals surface area contributed by atoms with E-state index in [0.29, 0.717) is 24.8 Å². The number of amides is 1. The molecule has 168 valence electrons. The number of rotatable bonds is 6. The Kier molecular flexibility index (Phi) is 5.50. The zero-order chi connectivity index (χ0) is 22.9. The van der Waals surface area contributed by atoms with Crippen molar-refractivity contribution in [3.63, 3.8) is 0 Å². The van der Waals surface area contributed by atoms with Crippen LogP contribution in [0.2, 0.25) is 0 Å². The molecule has 3 heterocycles. The molecule has 4 aromatic rings. The zero-order valence-corrected chi connectivity index (χ0v) is 19.2. The third-order valence-corrected chi connectivity index (χ3v) is 6.09. The molecular weight excluding hydrogens is 412 g/mol. The number of aryl methyl sites for hydroxylation is 1. The molecule has 5 rings (SSSR count). The molecule has 0 spiro atoms. The minimum atomic E-state index is -0.0403. The molecule has 0 atom stereocenters. The van der Waals surface area contributed by atoms with Crippen LogP contribution < -0.4 is 4.74 Å². The van der Waals surface area contributed by atoms with E-state index in [2.05, 4.69) is 43.5 Å². The summed E-state index contributed by atoms with van der Waals surface area (Å²) in [6.07, 6.45) is 4.02. The van der Waals surface area contributed by atoms with E-state index in [-0.39, 0.29) is 12.5 Å². The van der Waals surface area contributed by atoms with E-state index in [1.807, 2.05) is 64.4 Å². The van der Waals surface area contributed by atoms with Crippen LogP contribution in [0.15, 0.2) is 73.1 Å². The van der Waals surface area contributed by atoms with Gasteiger partial charge < -0.3 is 14.2 Å². The Balaban J connectivity index is 1.34. The van der Waals surface area contributed by atoms with Gasteiger partial charge in [-0.25, -0.2) is 4.68 Å². The number of fused-ring (bicyclic) bond motifs is 1. The Bertz CT molecular complexity index is 1270. The SMILES string of the molecule is Cc1cccc(-n2nc3c(c2-n2cccc2)CN(C(=O)COc2ccc(C(C)C)cc2)C3)c1. The van der Waals surface area contributed by atoms with Crippen LogP contribution in [0.1, 0.15) is 42.1 Å². The number of hydrogen-bond acceptors (Lipinski definition) is 3. The summed E-state index contributed by atoms with van der Waals surface area (Å²) in [6.45, 7) is 7.40. The average Bonchev–Trinajstić information content (AvgIpc) is 3.54. The molecule has 0 fully saturated rings. The second-order valence-corrected chi connectivity index (χ2v) is 8.85. The number of aromatic nitrogens is 3. The summed E-state index contributed by atoms with van der Waals surface area (Å²) in [5, 5.41) is 4.90. The molecule has 1 amide bonds. The predicted molar refractivity (Wildman–Crippen MR) is 128 cm³/mol. The molecule has 33 heavy (non-hydrogen) atoms. The van der Waals surface area contributed by atoms with E-state index < -0.39 is 0 Å². The highest BCUT2D eigenvalue weighted by Crippen LogP contribution is 2.31. The first-order valence-electron chi connectivity index (χ1n) is 11.3. The van der Waals surface area contributed by atoms with Crippen molar-refractivity contribution in [3.8, 4) is 17.3 Å². The summed E-state index contributed by atoms with van der Waals surface area (Å²) >= 11 is 0. The summed E-state index contributed by atoms with van der Waals surface area (Å²) in [5.74, 6) is 2.11. The van der Waals surface area contributed by atoms with Gasteiger partial charge in [0.1, 0.15) is 11.6 Å². The fraction of sp³-hybridized carbons (Fsp3) is 0.259. The molecule has 0 bridgehead atoms. The smallest absolute Gasteiger partial charge is 0.261 e. The number of carbonyl (C=O) groups excluding carboxylic acids is 1. The van der Waals surface area contributed by atoms with Gasteiger partial charge in [-0.1, -0.05) is 38.1 Å². The number of benzene rings is 2. The number of ether oxygens (including phenoxy) is 1. The molecule has 0 N–H and O–H groups in total. The summed E-state index contributed by atoms with van der Waals surface area (Å²) in [5.41, 5.74) is 5.44. The van der Waals surface area contributed by atoms with Crippen LogP contribution in [0.25, 0.3) is 11.5 Å². The normalized spacial score (nSPS) is 12.9.